The first-order valence-electron chi connectivity index (χ1n) is 6.30. The van der Waals surface area contributed by atoms with E-state index >= 15 is 0 Å². The van der Waals surface area contributed by atoms with E-state index in [4.69, 9.17) is 22.5 Å². The number of anilines is 1. The number of hydrogen-bond acceptors (Lipinski definition) is 5. The van der Waals surface area contributed by atoms with Gasteiger partial charge in [-0.3, -0.25) is 0 Å². The number of nitrogens with two attached hydrogens (primary N) is 1. The van der Waals surface area contributed by atoms with Crippen LogP contribution in [-0.2, 0) is 10.0 Å². The van der Waals surface area contributed by atoms with Crippen LogP contribution < -0.4 is 10.6 Å². The summed E-state index contributed by atoms with van der Waals surface area (Å²) in [6, 6.07) is 5.06. The molecule has 0 bridgehead atoms. The number of nitrogens with zero attached hydrogens (tertiary/aromatic N) is 3. The molecule has 1 aromatic rings. The molecular formula is C12H17ClN4O3S. The number of rotatable bonds is 3. The van der Waals surface area contributed by atoms with E-state index in [0.717, 1.165) is 5.69 Å². The molecule has 1 aliphatic heterocycles. The minimum atomic E-state index is -3.18. The van der Waals surface area contributed by atoms with Gasteiger partial charge in [0.25, 0.3) is 0 Å². The second-order valence-electron chi connectivity index (χ2n) is 4.80. The third-order valence-electron chi connectivity index (χ3n) is 3.39. The first-order chi connectivity index (χ1) is 9.82. The summed E-state index contributed by atoms with van der Waals surface area (Å²) >= 11 is 6.01. The van der Waals surface area contributed by atoms with Crippen LogP contribution in [0, 0.1) is 0 Å². The molecule has 9 heteroatoms. The molecule has 1 aliphatic rings. The monoisotopic (exact) mass is 332 g/mol. The first-order valence-corrected chi connectivity index (χ1v) is 8.53. The summed E-state index contributed by atoms with van der Waals surface area (Å²) in [5.74, 6) is -0.00721. The SMILES string of the molecule is CS(=O)(=O)N1CCN(c2cc(Cl)ccc2C(N)=NO)CC1. The van der Waals surface area contributed by atoms with Crippen molar-refractivity contribution in [3.63, 3.8) is 0 Å². The minimum Gasteiger partial charge on any atom is -0.409 e. The van der Waals surface area contributed by atoms with Crippen molar-refractivity contribution in [1.82, 2.24) is 4.31 Å². The normalized spacial score (nSPS) is 18.0. The summed E-state index contributed by atoms with van der Waals surface area (Å²) < 4.78 is 24.5. The zero-order chi connectivity index (χ0) is 15.6. The zero-order valence-electron chi connectivity index (χ0n) is 11.5. The number of hydrogen-bond donors (Lipinski definition) is 2. The third-order valence-corrected chi connectivity index (χ3v) is 4.93. The summed E-state index contributed by atoms with van der Waals surface area (Å²) in [4.78, 5) is 1.97. The molecule has 2 rings (SSSR count). The van der Waals surface area contributed by atoms with Crippen molar-refractivity contribution < 1.29 is 13.6 Å². The van der Waals surface area contributed by atoms with Gasteiger partial charge in [0.1, 0.15) is 0 Å². The zero-order valence-corrected chi connectivity index (χ0v) is 13.1. The van der Waals surface area contributed by atoms with Gasteiger partial charge in [-0.25, -0.2) is 8.42 Å². The third kappa shape index (κ3) is 3.58. The van der Waals surface area contributed by atoms with Crippen LogP contribution >= 0.6 is 11.6 Å². The maximum absolute atomic E-state index is 11.5. The Balaban J connectivity index is 2.26. The molecule has 3 N–H and O–H groups in total. The fraction of sp³-hybridized carbons (Fsp3) is 0.417. The Morgan fingerprint density at radius 3 is 2.48 bits per heavy atom. The molecule has 0 radical (unpaired) electrons. The van der Waals surface area contributed by atoms with Crippen molar-refractivity contribution >= 4 is 33.1 Å². The molecule has 0 spiro atoms. The quantitative estimate of drug-likeness (QED) is 0.364. The number of piperazine rings is 1. The topological polar surface area (TPSA) is 99.2 Å². The van der Waals surface area contributed by atoms with Crippen LogP contribution in [-0.4, -0.2) is 56.2 Å². The molecule has 0 aliphatic carbocycles. The average molecular weight is 333 g/mol. The van der Waals surface area contributed by atoms with E-state index in [9.17, 15) is 8.42 Å². The Bertz CT molecular complexity index is 654. The van der Waals surface area contributed by atoms with Crippen molar-refractivity contribution in [2.75, 3.05) is 37.3 Å². The van der Waals surface area contributed by atoms with Crippen LogP contribution in [0.15, 0.2) is 23.4 Å². The van der Waals surface area contributed by atoms with E-state index in [1.54, 1.807) is 18.2 Å². The van der Waals surface area contributed by atoms with Crippen molar-refractivity contribution in [2.24, 2.45) is 10.9 Å². The molecule has 1 fully saturated rings. The molecule has 0 atom stereocenters. The highest BCUT2D eigenvalue weighted by molar-refractivity contribution is 7.88. The summed E-state index contributed by atoms with van der Waals surface area (Å²) in [6.45, 7) is 1.81. The number of benzene rings is 1. The predicted molar refractivity (Wildman–Crippen MR) is 82.6 cm³/mol. The van der Waals surface area contributed by atoms with E-state index in [0.29, 0.717) is 36.8 Å². The van der Waals surface area contributed by atoms with Crippen LogP contribution in [0.3, 0.4) is 0 Å². The molecule has 1 heterocycles. The van der Waals surface area contributed by atoms with Gasteiger partial charge in [0, 0.05) is 42.5 Å². The maximum atomic E-state index is 11.5. The fourth-order valence-corrected chi connectivity index (χ4v) is 3.29. The number of sulfonamides is 1. The molecular weight excluding hydrogens is 316 g/mol. The summed E-state index contributed by atoms with van der Waals surface area (Å²) in [6.07, 6.45) is 1.20. The second kappa shape index (κ2) is 6.08. The van der Waals surface area contributed by atoms with Gasteiger partial charge in [0.15, 0.2) is 5.84 Å². The lowest BCUT2D eigenvalue weighted by Crippen LogP contribution is -2.48. The van der Waals surface area contributed by atoms with Crippen molar-refractivity contribution in [3.8, 4) is 0 Å². The second-order valence-corrected chi connectivity index (χ2v) is 7.21. The summed E-state index contributed by atoms with van der Waals surface area (Å²) in [5.41, 5.74) is 6.96. The molecule has 0 unspecified atom stereocenters. The fourth-order valence-electron chi connectivity index (χ4n) is 2.30. The average Bonchev–Trinajstić information content (AvgIpc) is 2.45. The van der Waals surface area contributed by atoms with E-state index < -0.39 is 10.0 Å². The van der Waals surface area contributed by atoms with Crippen LogP contribution in [0.25, 0.3) is 0 Å². The smallest absolute Gasteiger partial charge is 0.211 e. The van der Waals surface area contributed by atoms with Gasteiger partial charge in [0.2, 0.25) is 10.0 Å². The molecule has 0 amide bonds. The van der Waals surface area contributed by atoms with Crippen molar-refractivity contribution in [1.29, 1.82) is 0 Å². The maximum Gasteiger partial charge on any atom is 0.211 e. The lowest BCUT2D eigenvalue weighted by Gasteiger charge is -2.35. The Morgan fingerprint density at radius 1 is 1.33 bits per heavy atom. The Morgan fingerprint density at radius 2 is 1.95 bits per heavy atom. The predicted octanol–water partition coefficient (Wildman–Crippen LogP) is 0.516. The number of halogens is 1. The minimum absolute atomic E-state index is 0.00721. The van der Waals surface area contributed by atoms with Gasteiger partial charge in [-0.05, 0) is 18.2 Å². The van der Waals surface area contributed by atoms with Crippen molar-refractivity contribution in [2.45, 2.75) is 0 Å². The van der Waals surface area contributed by atoms with E-state index in [1.807, 2.05) is 4.90 Å². The summed E-state index contributed by atoms with van der Waals surface area (Å²) in [7, 11) is -3.18. The number of amidine groups is 1. The molecule has 7 nitrogen and oxygen atoms in total. The van der Waals surface area contributed by atoms with Crippen LogP contribution in [0.2, 0.25) is 5.02 Å². The van der Waals surface area contributed by atoms with Crippen LogP contribution in [0.4, 0.5) is 5.69 Å². The molecule has 0 saturated carbocycles. The molecule has 116 valence electrons. The highest BCUT2D eigenvalue weighted by atomic mass is 35.5. The highest BCUT2D eigenvalue weighted by Crippen LogP contribution is 2.26. The first kappa shape index (κ1) is 15.9. The van der Waals surface area contributed by atoms with E-state index in [1.165, 1.54) is 10.6 Å². The van der Waals surface area contributed by atoms with Gasteiger partial charge in [-0.2, -0.15) is 4.31 Å². The van der Waals surface area contributed by atoms with E-state index in [-0.39, 0.29) is 5.84 Å². The lowest BCUT2D eigenvalue weighted by molar-refractivity contribution is 0.318. The molecule has 1 saturated heterocycles. The Labute approximate surface area is 128 Å². The van der Waals surface area contributed by atoms with Crippen LogP contribution in [0.1, 0.15) is 5.56 Å². The Hall–Kier alpha value is -1.51. The van der Waals surface area contributed by atoms with Crippen LogP contribution in [0.5, 0.6) is 0 Å². The van der Waals surface area contributed by atoms with Gasteiger partial charge < -0.3 is 15.8 Å². The molecule has 21 heavy (non-hydrogen) atoms. The van der Waals surface area contributed by atoms with Crippen molar-refractivity contribution in [3.05, 3.63) is 28.8 Å². The van der Waals surface area contributed by atoms with Gasteiger partial charge in [0.05, 0.1) is 6.26 Å². The van der Waals surface area contributed by atoms with Gasteiger partial charge >= 0.3 is 0 Å². The number of oxime groups is 1. The largest absolute Gasteiger partial charge is 0.409 e. The lowest BCUT2D eigenvalue weighted by atomic mass is 10.1. The van der Waals surface area contributed by atoms with Gasteiger partial charge in [-0.1, -0.05) is 16.8 Å². The highest BCUT2D eigenvalue weighted by Gasteiger charge is 2.25. The molecule has 1 aromatic carbocycles. The standard InChI is InChI=1S/C12H17ClN4O3S/c1-21(19,20)17-6-4-16(5-7-17)11-8-9(13)2-3-10(11)12(14)15-18/h2-3,8,18H,4-7H2,1H3,(H2,14,15). The van der Waals surface area contributed by atoms with Gasteiger partial charge in [-0.15, -0.1) is 0 Å². The van der Waals surface area contributed by atoms with E-state index in [2.05, 4.69) is 5.16 Å². The molecule has 0 aromatic heterocycles. The Kier molecular flexibility index (Phi) is 4.60. The summed E-state index contributed by atoms with van der Waals surface area (Å²) in [5, 5.41) is 12.4.